The first-order valence-corrected chi connectivity index (χ1v) is 7.03. The van der Waals surface area contributed by atoms with E-state index in [1.165, 1.54) is 6.07 Å². The quantitative estimate of drug-likeness (QED) is 0.601. The fraction of sp³-hybridized carbons (Fsp3) is 0.571. The van der Waals surface area contributed by atoms with Gasteiger partial charge in [-0.25, -0.2) is 0 Å². The van der Waals surface area contributed by atoms with Crippen LogP contribution in [0.1, 0.15) is 5.56 Å². The molecular weight excluding hydrogens is 274 g/mol. The summed E-state index contributed by atoms with van der Waals surface area (Å²) in [6.45, 7) is 5.67. The zero-order valence-corrected chi connectivity index (χ0v) is 12.1. The number of benzene rings is 1. The minimum Gasteiger partial charge on any atom is -0.390 e. The minimum absolute atomic E-state index is 0.0270. The zero-order chi connectivity index (χ0) is 15.2. The number of aliphatic hydroxyl groups is 1. The maximum atomic E-state index is 11.0. The Kier molecular flexibility index (Phi) is 5.49. The van der Waals surface area contributed by atoms with Crippen molar-refractivity contribution >= 4 is 11.4 Å². The van der Waals surface area contributed by atoms with E-state index >= 15 is 0 Å². The molecule has 0 amide bonds. The van der Waals surface area contributed by atoms with Crippen LogP contribution in [0.2, 0.25) is 0 Å². The van der Waals surface area contributed by atoms with Crippen molar-refractivity contribution in [2.75, 3.05) is 44.7 Å². The lowest BCUT2D eigenvalue weighted by atomic mass is 10.2. The van der Waals surface area contributed by atoms with Crippen molar-refractivity contribution in [2.24, 2.45) is 0 Å². The fourth-order valence-electron chi connectivity index (χ4n) is 2.32. The lowest BCUT2D eigenvalue weighted by Gasteiger charge is -2.28. The molecule has 1 atom stereocenters. The number of nitrogens with zero attached hydrogens (tertiary/aromatic N) is 2. The molecule has 0 aliphatic carbocycles. The largest absolute Gasteiger partial charge is 0.390 e. The summed E-state index contributed by atoms with van der Waals surface area (Å²) in [6.07, 6.45) is -0.580. The SMILES string of the molecule is Cc1ccc([N+](=O)[O-])c(NC[C@@H](O)CN2CCOCC2)c1. The minimum atomic E-state index is -0.580. The highest BCUT2D eigenvalue weighted by Crippen LogP contribution is 2.25. The Morgan fingerprint density at radius 3 is 2.86 bits per heavy atom. The van der Waals surface area contributed by atoms with Crippen LogP contribution < -0.4 is 5.32 Å². The Balaban J connectivity index is 1.89. The highest BCUT2D eigenvalue weighted by Gasteiger charge is 2.17. The lowest BCUT2D eigenvalue weighted by molar-refractivity contribution is -0.384. The molecule has 2 rings (SSSR count). The topological polar surface area (TPSA) is 87.9 Å². The highest BCUT2D eigenvalue weighted by atomic mass is 16.6. The zero-order valence-electron chi connectivity index (χ0n) is 12.1. The summed E-state index contributed by atoms with van der Waals surface area (Å²) in [5.41, 5.74) is 1.41. The first-order valence-electron chi connectivity index (χ1n) is 7.03. The van der Waals surface area contributed by atoms with E-state index in [9.17, 15) is 15.2 Å². The molecule has 0 saturated carbocycles. The summed E-state index contributed by atoms with van der Waals surface area (Å²) in [4.78, 5) is 12.7. The molecule has 116 valence electrons. The number of β-amino-alcohol motifs (C(OH)–C–C–N with tert-alkyl or cyclic N) is 1. The van der Waals surface area contributed by atoms with E-state index in [2.05, 4.69) is 10.2 Å². The smallest absolute Gasteiger partial charge is 0.292 e. The maximum Gasteiger partial charge on any atom is 0.292 e. The van der Waals surface area contributed by atoms with E-state index in [-0.39, 0.29) is 12.2 Å². The number of aryl methyl sites for hydroxylation is 1. The van der Waals surface area contributed by atoms with Gasteiger partial charge in [0.25, 0.3) is 5.69 Å². The number of anilines is 1. The van der Waals surface area contributed by atoms with Gasteiger partial charge in [-0.05, 0) is 18.6 Å². The Morgan fingerprint density at radius 2 is 2.19 bits per heavy atom. The number of hydrogen-bond donors (Lipinski definition) is 2. The number of aliphatic hydroxyl groups excluding tert-OH is 1. The number of nitro benzene ring substituents is 1. The van der Waals surface area contributed by atoms with Crippen LogP contribution in [0.15, 0.2) is 18.2 Å². The van der Waals surface area contributed by atoms with Crippen LogP contribution in [0.3, 0.4) is 0 Å². The van der Waals surface area contributed by atoms with Crippen molar-refractivity contribution in [3.63, 3.8) is 0 Å². The van der Waals surface area contributed by atoms with E-state index in [0.717, 1.165) is 18.7 Å². The van der Waals surface area contributed by atoms with Crippen molar-refractivity contribution < 1.29 is 14.8 Å². The van der Waals surface area contributed by atoms with Crippen molar-refractivity contribution in [3.8, 4) is 0 Å². The van der Waals surface area contributed by atoms with Gasteiger partial charge in [-0.3, -0.25) is 15.0 Å². The maximum absolute atomic E-state index is 11.0. The van der Waals surface area contributed by atoms with Gasteiger partial charge in [0.05, 0.1) is 24.2 Å². The Bertz CT molecular complexity index is 489. The standard InChI is InChI=1S/C14H21N3O4/c1-11-2-3-14(17(19)20)13(8-11)15-9-12(18)10-16-4-6-21-7-5-16/h2-3,8,12,15,18H,4-7,9-10H2,1H3/t12-/m1/s1. The van der Waals surface area contributed by atoms with Gasteiger partial charge >= 0.3 is 0 Å². The van der Waals surface area contributed by atoms with Gasteiger partial charge < -0.3 is 15.2 Å². The first kappa shape index (κ1) is 15.7. The van der Waals surface area contributed by atoms with Gasteiger partial charge in [0.1, 0.15) is 5.69 Å². The number of nitro groups is 1. The van der Waals surface area contributed by atoms with Gasteiger partial charge in [0.2, 0.25) is 0 Å². The predicted molar refractivity (Wildman–Crippen MR) is 79.6 cm³/mol. The second-order valence-corrected chi connectivity index (χ2v) is 5.23. The van der Waals surface area contributed by atoms with Gasteiger partial charge in [0, 0.05) is 32.2 Å². The van der Waals surface area contributed by atoms with E-state index in [1.54, 1.807) is 12.1 Å². The number of rotatable bonds is 6. The summed E-state index contributed by atoms with van der Waals surface area (Å²) < 4.78 is 5.25. The fourth-order valence-corrected chi connectivity index (χ4v) is 2.32. The molecule has 1 aromatic rings. The molecule has 0 aromatic heterocycles. The molecule has 1 heterocycles. The van der Waals surface area contributed by atoms with Gasteiger partial charge in [0.15, 0.2) is 0 Å². The van der Waals surface area contributed by atoms with Gasteiger partial charge in [-0.1, -0.05) is 6.07 Å². The Morgan fingerprint density at radius 1 is 1.48 bits per heavy atom. The van der Waals surface area contributed by atoms with Gasteiger partial charge in [-0.15, -0.1) is 0 Å². The monoisotopic (exact) mass is 295 g/mol. The number of morpholine rings is 1. The highest BCUT2D eigenvalue weighted by molar-refractivity contribution is 5.62. The summed E-state index contributed by atoms with van der Waals surface area (Å²) in [7, 11) is 0. The normalized spacial score (nSPS) is 17.4. The molecule has 1 aliphatic rings. The molecular formula is C14H21N3O4. The summed E-state index contributed by atoms with van der Waals surface area (Å²) in [5.74, 6) is 0. The molecule has 21 heavy (non-hydrogen) atoms. The number of nitrogens with one attached hydrogen (secondary N) is 1. The van der Waals surface area contributed by atoms with Crippen LogP contribution in [-0.2, 0) is 4.74 Å². The third-order valence-corrected chi connectivity index (χ3v) is 3.45. The Labute approximate surface area is 123 Å². The molecule has 1 fully saturated rings. The molecule has 7 nitrogen and oxygen atoms in total. The van der Waals surface area contributed by atoms with Gasteiger partial charge in [-0.2, -0.15) is 0 Å². The van der Waals surface area contributed by atoms with Crippen LogP contribution in [0.4, 0.5) is 11.4 Å². The van der Waals surface area contributed by atoms with E-state index in [4.69, 9.17) is 4.74 Å². The summed E-state index contributed by atoms with van der Waals surface area (Å²) in [6, 6.07) is 4.90. The average molecular weight is 295 g/mol. The third-order valence-electron chi connectivity index (χ3n) is 3.45. The first-order chi connectivity index (χ1) is 10.1. The number of ether oxygens (including phenoxy) is 1. The summed E-state index contributed by atoms with van der Waals surface area (Å²) >= 11 is 0. The lowest BCUT2D eigenvalue weighted by Crippen LogP contribution is -2.42. The second-order valence-electron chi connectivity index (χ2n) is 5.23. The van der Waals surface area contributed by atoms with Crippen LogP contribution in [-0.4, -0.2) is 60.4 Å². The molecule has 0 radical (unpaired) electrons. The molecule has 0 bridgehead atoms. The second kappa shape index (κ2) is 7.35. The van der Waals surface area contributed by atoms with Crippen molar-refractivity contribution in [1.82, 2.24) is 4.90 Å². The predicted octanol–water partition coefficient (Wildman–Crippen LogP) is 1.01. The Hall–Kier alpha value is -1.70. The summed E-state index contributed by atoms with van der Waals surface area (Å²) in [5, 5.41) is 24.0. The van der Waals surface area contributed by atoms with Crippen LogP contribution in [0, 0.1) is 17.0 Å². The van der Waals surface area contributed by atoms with Crippen LogP contribution in [0.25, 0.3) is 0 Å². The van der Waals surface area contributed by atoms with Crippen LogP contribution in [0.5, 0.6) is 0 Å². The van der Waals surface area contributed by atoms with E-state index in [0.29, 0.717) is 25.4 Å². The van der Waals surface area contributed by atoms with Crippen molar-refractivity contribution in [2.45, 2.75) is 13.0 Å². The van der Waals surface area contributed by atoms with E-state index in [1.807, 2.05) is 6.92 Å². The molecule has 7 heteroatoms. The molecule has 1 saturated heterocycles. The molecule has 0 spiro atoms. The molecule has 1 aromatic carbocycles. The van der Waals surface area contributed by atoms with Crippen molar-refractivity contribution in [1.29, 1.82) is 0 Å². The number of hydrogen-bond acceptors (Lipinski definition) is 6. The average Bonchev–Trinajstić information content (AvgIpc) is 2.46. The van der Waals surface area contributed by atoms with Crippen LogP contribution >= 0.6 is 0 Å². The van der Waals surface area contributed by atoms with E-state index < -0.39 is 11.0 Å². The molecule has 1 aliphatic heterocycles. The van der Waals surface area contributed by atoms with Crippen molar-refractivity contribution in [3.05, 3.63) is 33.9 Å². The third kappa shape index (κ3) is 4.66. The molecule has 0 unspecified atom stereocenters. The molecule has 2 N–H and O–H groups in total.